The number of rotatable bonds is 4. The van der Waals surface area contributed by atoms with Gasteiger partial charge in [0.25, 0.3) is 0 Å². The molecule has 2 heterocycles. The van der Waals surface area contributed by atoms with Crippen LogP contribution in [0.1, 0.15) is 31.2 Å². The first kappa shape index (κ1) is 15.0. The maximum absolute atomic E-state index is 13.0. The predicted octanol–water partition coefficient (Wildman–Crippen LogP) is 2.16. The van der Waals surface area contributed by atoms with Gasteiger partial charge in [-0.05, 0) is 43.6 Å². The van der Waals surface area contributed by atoms with Crippen molar-refractivity contribution in [2.45, 2.75) is 31.8 Å². The summed E-state index contributed by atoms with van der Waals surface area (Å²) < 4.78 is 13.0. The summed E-state index contributed by atoms with van der Waals surface area (Å²) >= 11 is 0. The lowest BCUT2D eigenvalue weighted by Gasteiger charge is -2.34. The number of nitrogens with one attached hydrogen (secondary N) is 1. The van der Waals surface area contributed by atoms with Crippen LogP contribution in [0.15, 0.2) is 29.4 Å². The fourth-order valence-electron chi connectivity index (χ4n) is 3.20. The Morgan fingerprint density at radius 3 is 2.68 bits per heavy atom. The molecule has 0 unspecified atom stereocenters. The molecule has 0 spiro atoms. The fraction of sp³-hybridized carbons (Fsp3) is 0.500. The molecular weight excluding hydrogens is 287 g/mol. The van der Waals surface area contributed by atoms with Crippen LogP contribution < -0.4 is 5.32 Å². The van der Waals surface area contributed by atoms with Crippen LogP contribution >= 0.6 is 0 Å². The Labute approximate surface area is 128 Å². The number of aliphatic carboxylic acids is 1. The Hall–Kier alpha value is -1.95. The van der Waals surface area contributed by atoms with Crippen LogP contribution in [0.25, 0.3) is 0 Å². The number of carboxylic acids is 1. The molecule has 0 amide bonds. The summed E-state index contributed by atoms with van der Waals surface area (Å²) in [6.07, 6.45) is 2.00. The molecule has 5 nitrogen and oxygen atoms in total. The van der Waals surface area contributed by atoms with Crippen molar-refractivity contribution in [1.29, 1.82) is 0 Å². The van der Waals surface area contributed by atoms with Crippen LogP contribution in [-0.2, 0) is 9.63 Å². The number of oxime groups is 1. The molecule has 22 heavy (non-hydrogen) atoms. The number of hydrogen-bond donors (Lipinski definition) is 2. The molecule has 1 atom stereocenters. The zero-order chi connectivity index (χ0) is 15.6. The van der Waals surface area contributed by atoms with Crippen LogP contribution in [0.4, 0.5) is 4.39 Å². The lowest BCUT2D eigenvalue weighted by molar-refractivity contribution is -0.153. The highest BCUT2D eigenvalue weighted by Gasteiger charge is 2.43. The fourth-order valence-corrected chi connectivity index (χ4v) is 3.20. The van der Waals surface area contributed by atoms with Gasteiger partial charge in [-0.3, -0.25) is 4.79 Å². The summed E-state index contributed by atoms with van der Waals surface area (Å²) in [4.78, 5) is 17.1. The van der Waals surface area contributed by atoms with Gasteiger partial charge in [0.15, 0.2) is 0 Å². The van der Waals surface area contributed by atoms with E-state index in [9.17, 15) is 14.3 Å². The molecule has 0 aromatic heterocycles. The maximum Gasteiger partial charge on any atom is 0.309 e. The molecule has 1 aromatic carbocycles. The Morgan fingerprint density at radius 2 is 2.05 bits per heavy atom. The lowest BCUT2D eigenvalue weighted by Crippen LogP contribution is -2.44. The molecule has 118 valence electrons. The zero-order valence-electron chi connectivity index (χ0n) is 12.2. The van der Waals surface area contributed by atoms with Crippen molar-refractivity contribution in [1.82, 2.24) is 5.32 Å². The Balaban J connectivity index is 1.66. The largest absolute Gasteiger partial charge is 0.481 e. The summed E-state index contributed by atoms with van der Waals surface area (Å²) in [5.41, 5.74) is 0.835. The average Bonchev–Trinajstić information content (AvgIpc) is 2.97. The number of hydrogen-bond acceptors (Lipinski definition) is 4. The van der Waals surface area contributed by atoms with E-state index in [0.717, 1.165) is 11.3 Å². The Bertz CT molecular complexity index is 580. The Kier molecular flexibility index (Phi) is 4.11. The van der Waals surface area contributed by atoms with E-state index in [4.69, 9.17) is 4.84 Å². The highest BCUT2D eigenvalue weighted by molar-refractivity contribution is 6.01. The van der Waals surface area contributed by atoms with Gasteiger partial charge in [-0.2, -0.15) is 0 Å². The van der Waals surface area contributed by atoms with Gasteiger partial charge in [-0.15, -0.1) is 0 Å². The van der Waals surface area contributed by atoms with Gasteiger partial charge in [0, 0.05) is 12.8 Å². The third kappa shape index (κ3) is 2.97. The third-order valence-corrected chi connectivity index (χ3v) is 4.54. The van der Waals surface area contributed by atoms with Gasteiger partial charge < -0.3 is 15.3 Å². The molecule has 0 radical (unpaired) electrons. The number of benzene rings is 1. The number of piperidine rings is 1. The van der Waals surface area contributed by atoms with Gasteiger partial charge in [0.05, 0.1) is 11.1 Å². The first-order chi connectivity index (χ1) is 10.6. The van der Waals surface area contributed by atoms with E-state index in [1.807, 2.05) is 0 Å². The van der Waals surface area contributed by atoms with Crippen LogP contribution in [-0.4, -0.2) is 36.0 Å². The van der Waals surface area contributed by atoms with E-state index in [1.54, 1.807) is 12.1 Å². The minimum atomic E-state index is -0.757. The zero-order valence-corrected chi connectivity index (χ0v) is 12.2. The first-order valence-corrected chi connectivity index (χ1v) is 7.52. The van der Waals surface area contributed by atoms with Crippen LogP contribution in [0.5, 0.6) is 0 Å². The molecule has 2 aliphatic rings. The summed E-state index contributed by atoms with van der Waals surface area (Å²) in [6, 6.07) is 6.10. The molecule has 1 aromatic rings. The second-order valence-corrected chi connectivity index (χ2v) is 6.02. The van der Waals surface area contributed by atoms with Crippen molar-refractivity contribution < 1.29 is 19.1 Å². The monoisotopic (exact) mass is 306 g/mol. The van der Waals surface area contributed by atoms with Gasteiger partial charge in [-0.25, -0.2) is 4.39 Å². The van der Waals surface area contributed by atoms with Crippen molar-refractivity contribution >= 4 is 11.7 Å². The van der Waals surface area contributed by atoms with Gasteiger partial charge in [0.1, 0.15) is 11.9 Å². The smallest absolute Gasteiger partial charge is 0.309 e. The minimum Gasteiger partial charge on any atom is -0.481 e. The molecular formula is C16H19FN2O3. The summed E-state index contributed by atoms with van der Waals surface area (Å²) in [7, 11) is 0. The van der Waals surface area contributed by atoms with Crippen LogP contribution in [0, 0.1) is 11.2 Å². The first-order valence-electron chi connectivity index (χ1n) is 7.52. The SMILES string of the molecule is O=C(O)C1(C[C@H]2CC(c3ccc(F)cc3)=NO2)CCNCC1. The van der Waals surface area contributed by atoms with E-state index in [0.29, 0.717) is 38.8 Å². The topological polar surface area (TPSA) is 70.9 Å². The van der Waals surface area contributed by atoms with Crippen molar-refractivity contribution in [2.24, 2.45) is 10.6 Å². The molecule has 6 heteroatoms. The third-order valence-electron chi connectivity index (χ3n) is 4.54. The number of carbonyl (C=O) groups is 1. The van der Waals surface area contributed by atoms with E-state index < -0.39 is 11.4 Å². The highest BCUT2D eigenvalue weighted by Crippen LogP contribution is 2.37. The predicted molar refractivity (Wildman–Crippen MR) is 79.2 cm³/mol. The number of halogens is 1. The van der Waals surface area contributed by atoms with E-state index in [1.165, 1.54) is 12.1 Å². The summed E-state index contributed by atoms with van der Waals surface area (Å²) in [6.45, 7) is 1.43. The summed E-state index contributed by atoms with van der Waals surface area (Å²) in [5, 5.41) is 16.8. The Morgan fingerprint density at radius 1 is 1.36 bits per heavy atom. The molecule has 2 N–H and O–H groups in total. The number of carboxylic acid groups (broad SMARTS) is 1. The number of nitrogens with zero attached hydrogens (tertiary/aromatic N) is 1. The lowest BCUT2D eigenvalue weighted by atomic mass is 9.74. The quantitative estimate of drug-likeness (QED) is 0.894. The molecule has 1 fully saturated rings. The molecule has 2 aliphatic heterocycles. The average molecular weight is 306 g/mol. The van der Waals surface area contributed by atoms with E-state index in [-0.39, 0.29) is 11.9 Å². The summed E-state index contributed by atoms with van der Waals surface area (Å²) in [5.74, 6) is -1.05. The van der Waals surface area contributed by atoms with Crippen molar-refractivity contribution in [2.75, 3.05) is 13.1 Å². The normalized spacial score (nSPS) is 23.7. The standard InChI is InChI=1S/C16H19FN2O3/c17-12-3-1-11(2-4-12)14-9-13(22-19-14)10-16(15(20)21)5-7-18-8-6-16/h1-4,13,18H,5-10H2,(H,20,21)/t13-/m1/s1. The van der Waals surface area contributed by atoms with Gasteiger partial charge in [0.2, 0.25) is 0 Å². The van der Waals surface area contributed by atoms with E-state index >= 15 is 0 Å². The van der Waals surface area contributed by atoms with Crippen molar-refractivity contribution in [3.63, 3.8) is 0 Å². The highest BCUT2D eigenvalue weighted by atomic mass is 19.1. The second-order valence-electron chi connectivity index (χ2n) is 6.02. The van der Waals surface area contributed by atoms with E-state index in [2.05, 4.69) is 10.5 Å². The maximum atomic E-state index is 13.0. The van der Waals surface area contributed by atoms with Crippen molar-refractivity contribution in [3.8, 4) is 0 Å². The van der Waals surface area contributed by atoms with Crippen LogP contribution in [0.3, 0.4) is 0 Å². The second kappa shape index (κ2) is 6.04. The molecule has 0 aliphatic carbocycles. The van der Waals surface area contributed by atoms with Crippen LogP contribution in [0.2, 0.25) is 0 Å². The van der Waals surface area contributed by atoms with Gasteiger partial charge in [-0.1, -0.05) is 17.3 Å². The minimum absolute atomic E-state index is 0.228. The molecule has 0 saturated carbocycles. The molecule has 1 saturated heterocycles. The van der Waals surface area contributed by atoms with Crippen molar-refractivity contribution in [3.05, 3.63) is 35.6 Å². The van der Waals surface area contributed by atoms with Gasteiger partial charge >= 0.3 is 5.97 Å². The molecule has 3 rings (SSSR count). The molecule has 0 bridgehead atoms.